The number of benzene rings is 1. The third kappa shape index (κ3) is 3.48. The van der Waals surface area contributed by atoms with Crippen LogP contribution in [0.5, 0.6) is 11.5 Å². The number of hydrogen-bond donors (Lipinski definition) is 3. The molecule has 1 aliphatic rings. The zero-order valence-electron chi connectivity index (χ0n) is 12.4. The van der Waals surface area contributed by atoms with Crippen molar-refractivity contribution in [3.8, 4) is 11.5 Å². The van der Waals surface area contributed by atoms with Crippen LogP contribution in [0.15, 0.2) is 23.1 Å². The summed E-state index contributed by atoms with van der Waals surface area (Å²) in [4.78, 5) is 25.2. The fourth-order valence-corrected chi connectivity index (χ4v) is 3.53. The van der Waals surface area contributed by atoms with Crippen LogP contribution in [0.2, 0.25) is 0 Å². The summed E-state index contributed by atoms with van der Waals surface area (Å²) >= 11 is 6.13. The summed E-state index contributed by atoms with van der Waals surface area (Å²) in [5, 5.41) is 28.4. The number of carboxylic acids is 1. The molecule has 1 aromatic rings. The maximum atomic E-state index is 12.5. The predicted octanol–water partition coefficient (Wildman–Crippen LogP) is 2.41. The molecule has 122 valence electrons. The number of carbonyl (C=O) groups is 2. The summed E-state index contributed by atoms with van der Waals surface area (Å²) in [6.45, 7) is 3.40. The van der Waals surface area contributed by atoms with E-state index in [1.807, 2.05) is 0 Å². The fraction of sp³-hybridized carbons (Fsp3) is 0.267. The largest absolute Gasteiger partial charge is 0.508 e. The van der Waals surface area contributed by atoms with E-state index in [4.69, 9.17) is 12.2 Å². The Kier molecular flexibility index (Phi) is 4.96. The first-order chi connectivity index (χ1) is 10.7. The second kappa shape index (κ2) is 6.59. The highest BCUT2D eigenvalue weighted by molar-refractivity contribution is 8.26. The quantitative estimate of drug-likeness (QED) is 0.565. The molecule has 1 aromatic carbocycles. The van der Waals surface area contributed by atoms with Gasteiger partial charge in [-0.15, -0.1) is 0 Å². The Hall–Kier alpha value is -2.06. The van der Waals surface area contributed by atoms with E-state index in [9.17, 15) is 24.9 Å². The van der Waals surface area contributed by atoms with Gasteiger partial charge in [0.15, 0.2) is 0 Å². The van der Waals surface area contributed by atoms with Gasteiger partial charge >= 0.3 is 5.97 Å². The van der Waals surface area contributed by atoms with Crippen molar-refractivity contribution in [1.29, 1.82) is 0 Å². The molecule has 1 aliphatic heterocycles. The third-order valence-electron chi connectivity index (χ3n) is 3.29. The van der Waals surface area contributed by atoms with Crippen LogP contribution >= 0.6 is 24.0 Å². The van der Waals surface area contributed by atoms with Crippen LogP contribution in [0.4, 0.5) is 0 Å². The summed E-state index contributed by atoms with van der Waals surface area (Å²) in [5.74, 6) is -2.22. The number of phenols is 2. The van der Waals surface area contributed by atoms with E-state index in [-0.39, 0.29) is 26.6 Å². The number of rotatable bonds is 4. The summed E-state index contributed by atoms with van der Waals surface area (Å²) in [6.07, 6.45) is 1.42. The molecule has 0 saturated carbocycles. The predicted molar refractivity (Wildman–Crippen MR) is 91.0 cm³/mol. The van der Waals surface area contributed by atoms with Crippen molar-refractivity contribution in [2.24, 2.45) is 5.92 Å². The lowest BCUT2D eigenvalue weighted by molar-refractivity contribution is -0.146. The van der Waals surface area contributed by atoms with Crippen molar-refractivity contribution in [3.05, 3.63) is 28.7 Å². The molecule has 1 atom stereocenters. The number of carbonyl (C=O) groups excluding carboxylic acids is 1. The second-order valence-electron chi connectivity index (χ2n) is 5.32. The van der Waals surface area contributed by atoms with Crippen LogP contribution in [0.3, 0.4) is 0 Å². The van der Waals surface area contributed by atoms with Gasteiger partial charge in [0.05, 0.1) is 4.91 Å². The highest BCUT2D eigenvalue weighted by Crippen LogP contribution is 2.37. The first-order valence-corrected chi connectivity index (χ1v) is 7.96. The molecule has 0 bridgehead atoms. The minimum Gasteiger partial charge on any atom is -0.508 e. The molecule has 0 aromatic heterocycles. The number of hydrogen-bond acceptors (Lipinski definition) is 6. The first kappa shape index (κ1) is 17.3. The lowest BCUT2D eigenvalue weighted by atomic mass is 10.0. The van der Waals surface area contributed by atoms with E-state index >= 15 is 0 Å². The average molecular weight is 353 g/mol. The number of amides is 1. The van der Waals surface area contributed by atoms with Crippen molar-refractivity contribution < 1.29 is 24.9 Å². The van der Waals surface area contributed by atoms with Crippen LogP contribution in [-0.4, -0.2) is 42.5 Å². The Morgan fingerprint density at radius 2 is 2.00 bits per heavy atom. The summed E-state index contributed by atoms with van der Waals surface area (Å²) in [5.41, 5.74) is 0.333. The van der Waals surface area contributed by atoms with Crippen LogP contribution in [0, 0.1) is 5.92 Å². The SMILES string of the molecule is CC(C)[C@@H](C(=O)O)N1C(=O)/C(=C\c2ccc(O)cc2O)SC1=S. The molecule has 23 heavy (non-hydrogen) atoms. The molecule has 1 saturated heterocycles. The smallest absolute Gasteiger partial charge is 0.327 e. The summed E-state index contributed by atoms with van der Waals surface area (Å²) in [7, 11) is 0. The van der Waals surface area contributed by atoms with Crippen LogP contribution in [-0.2, 0) is 9.59 Å². The van der Waals surface area contributed by atoms with Crippen molar-refractivity contribution in [2.75, 3.05) is 0 Å². The fourth-order valence-electron chi connectivity index (χ4n) is 2.21. The highest BCUT2D eigenvalue weighted by Gasteiger charge is 2.41. The standard InChI is InChI=1S/C15H15NO5S2/c1-7(2)12(14(20)21)16-13(19)11(23-15(16)22)5-8-3-4-9(17)6-10(8)18/h3-7,12,17-18H,1-2H3,(H,20,21)/b11-5+/t12-/m0/s1. The molecule has 0 spiro atoms. The van der Waals surface area contributed by atoms with Crippen LogP contribution < -0.4 is 0 Å². The zero-order chi connectivity index (χ0) is 17.3. The van der Waals surface area contributed by atoms with Crippen LogP contribution in [0.25, 0.3) is 6.08 Å². The highest BCUT2D eigenvalue weighted by atomic mass is 32.2. The number of aromatic hydroxyl groups is 2. The van der Waals surface area contributed by atoms with Gasteiger partial charge in [0, 0.05) is 11.6 Å². The molecule has 8 heteroatoms. The molecule has 1 fully saturated rings. The number of nitrogens with zero attached hydrogens (tertiary/aromatic N) is 1. The molecule has 0 radical (unpaired) electrons. The first-order valence-electron chi connectivity index (χ1n) is 6.74. The number of thioether (sulfide) groups is 1. The van der Waals surface area contributed by atoms with Gasteiger partial charge in [-0.1, -0.05) is 37.8 Å². The second-order valence-corrected chi connectivity index (χ2v) is 7.00. The molecule has 3 N–H and O–H groups in total. The van der Waals surface area contributed by atoms with Gasteiger partial charge in [-0.25, -0.2) is 4.79 Å². The molecular formula is C15H15NO5S2. The number of aliphatic carboxylic acids is 1. The van der Waals surface area contributed by atoms with Gasteiger partial charge in [0.2, 0.25) is 0 Å². The van der Waals surface area contributed by atoms with Gasteiger partial charge in [0.25, 0.3) is 5.91 Å². The van der Waals surface area contributed by atoms with Crippen molar-refractivity contribution in [2.45, 2.75) is 19.9 Å². The topological polar surface area (TPSA) is 98.1 Å². The maximum Gasteiger partial charge on any atom is 0.327 e. The van der Waals surface area contributed by atoms with Gasteiger partial charge in [-0.05, 0) is 24.1 Å². The Morgan fingerprint density at radius 3 is 2.52 bits per heavy atom. The maximum absolute atomic E-state index is 12.5. The molecule has 6 nitrogen and oxygen atoms in total. The Bertz CT molecular complexity index is 714. The summed E-state index contributed by atoms with van der Waals surface area (Å²) in [6, 6.07) is 2.94. The van der Waals surface area contributed by atoms with E-state index in [0.717, 1.165) is 22.7 Å². The molecule has 2 rings (SSSR count). The van der Waals surface area contributed by atoms with Crippen LogP contribution in [0.1, 0.15) is 19.4 Å². The van der Waals surface area contributed by atoms with E-state index in [1.165, 1.54) is 18.2 Å². The molecule has 0 unspecified atom stereocenters. The Morgan fingerprint density at radius 1 is 1.35 bits per heavy atom. The Labute approximate surface area is 142 Å². The van der Waals surface area contributed by atoms with E-state index in [1.54, 1.807) is 13.8 Å². The third-order valence-corrected chi connectivity index (χ3v) is 4.62. The van der Waals surface area contributed by atoms with Crippen molar-refractivity contribution in [3.63, 3.8) is 0 Å². The van der Waals surface area contributed by atoms with Gasteiger partial charge in [0.1, 0.15) is 21.9 Å². The van der Waals surface area contributed by atoms with E-state index in [2.05, 4.69) is 0 Å². The lowest BCUT2D eigenvalue weighted by Gasteiger charge is -2.26. The minimum atomic E-state index is -1.12. The molecule has 0 aliphatic carbocycles. The van der Waals surface area contributed by atoms with E-state index in [0.29, 0.717) is 5.56 Å². The number of carboxylic acid groups (broad SMARTS) is 1. The van der Waals surface area contributed by atoms with Crippen molar-refractivity contribution >= 4 is 46.3 Å². The molecular weight excluding hydrogens is 338 g/mol. The minimum absolute atomic E-state index is 0.0991. The average Bonchev–Trinajstić information content (AvgIpc) is 2.69. The number of phenolic OH excluding ortho intramolecular Hbond substituents is 2. The van der Waals surface area contributed by atoms with Gasteiger partial charge in [-0.2, -0.15) is 0 Å². The number of thiocarbonyl (C=S) groups is 1. The molecule has 1 amide bonds. The lowest BCUT2D eigenvalue weighted by Crippen LogP contribution is -2.47. The zero-order valence-corrected chi connectivity index (χ0v) is 14.0. The van der Waals surface area contributed by atoms with Gasteiger partial charge in [-0.3, -0.25) is 9.69 Å². The molecule has 1 heterocycles. The monoisotopic (exact) mass is 353 g/mol. The van der Waals surface area contributed by atoms with Crippen molar-refractivity contribution in [1.82, 2.24) is 4.90 Å². The normalized spacial score (nSPS) is 18.0. The Balaban J connectivity index is 2.37. The summed E-state index contributed by atoms with van der Waals surface area (Å²) < 4.78 is 0.167. The van der Waals surface area contributed by atoms with Gasteiger partial charge < -0.3 is 15.3 Å². The van der Waals surface area contributed by atoms with E-state index < -0.39 is 17.9 Å².